The number of carbonyl (C=O) groups excluding carboxylic acids is 1. The SMILES string of the molecule is CCOc1ccc([C@@H]2[C@H](C(=C(C#N)C#N)C3CC3)[C@@H]3c4ccccc4C=CN3[C@@H]2C(=O)c2ccccc2)c(OCC)c1. The van der Waals surface area contributed by atoms with E-state index in [1.54, 1.807) is 0 Å². The molecule has 42 heavy (non-hydrogen) atoms. The molecule has 1 saturated heterocycles. The lowest BCUT2D eigenvalue weighted by Crippen LogP contribution is -2.37. The first-order valence-corrected chi connectivity index (χ1v) is 14.7. The van der Waals surface area contributed by atoms with Crippen molar-refractivity contribution in [2.24, 2.45) is 11.8 Å². The number of rotatable bonds is 9. The number of carbonyl (C=O) groups is 1. The Labute approximate surface area is 247 Å². The van der Waals surface area contributed by atoms with Gasteiger partial charge in [0.05, 0.1) is 19.3 Å². The van der Waals surface area contributed by atoms with Gasteiger partial charge in [-0.3, -0.25) is 4.79 Å². The molecule has 0 unspecified atom stereocenters. The Bertz CT molecular complexity index is 1630. The minimum atomic E-state index is -0.587. The molecule has 3 aromatic carbocycles. The lowest BCUT2D eigenvalue weighted by molar-refractivity contribution is 0.0874. The number of nitrogens with zero attached hydrogens (tertiary/aromatic N) is 3. The second kappa shape index (κ2) is 11.6. The van der Waals surface area contributed by atoms with Crippen LogP contribution in [0.3, 0.4) is 0 Å². The highest BCUT2D eigenvalue weighted by Crippen LogP contribution is 2.60. The maximum atomic E-state index is 14.6. The van der Waals surface area contributed by atoms with Crippen molar-refractivity contribution in [3.05, 3.63) is 112 Å². The molecule has 1 saturated carbocycles. The Morgan fingerprint density at radius 1 is 0.905 bits per heavy atom. The first-order valence-electron chi connectivity index (χ1n) is 14.7. The highest BCUT2D eigenvalue weighted by molar-refractivity contribution is 6.01. The van der Waals surface area contributed by atoms with Crippen molar-refractivity contribution in [2.75, 3.05) is 13.2 Å². The Hall–Kier alpha value is -4.81. The summed E-state index contributed by atoms with van der Waals surface area (Å²) < 4.78 is 12.1. The van der Waals surface area contributed by atoms with Crippen LogP contribution in [0.2, 0.25) is 0 Å². The van der Waals surface area contributed by atoms with Crippen LogP contribution >= 0.6 is 0 Å². The highest BCUT2D eigenvalue weighted by Gasteiger charge is 2.57. The van der Waals surface area contributed by atoms with Gasteiger partial charge in [0.15, 0.2) is 5.78 Å². The van der Waals surface area contributed by atoms with Gasteiger partial charge >= 0.3 is 0 Å². The van der Waals surface area contributed by atoms with E-state index in [-0.39, 0.29) is 35.2 Å². The zero-order valence-electron chi connectivity index (χ0n) is 23.9. The summed E-state index contributed by atoms with van der Waals surface area (Å²) in [6.07, 6.45) is 5.95. The van der Waals surface area contributed by atoms with Gasteiger partial charge in [0.2, 0.25) is 0 Å². The number of fused-ring (bicyclic) bond motifs is 3. The molecule has 6 heteroatoms. The van der Waals surface area contributed by atoms with E-state index in [1.807, 2.05) is 80.7 Å². The van der Waals surface area contributed by atoms with E-state index in [9.17, 15) is 15.3 Å². The molecule has 2 fully saturated rings. The summed E-state index contributed by atoms with van der Waals surface area (Å²) in [5.74, 6) is 0.804. The van der Waals surface area contributed by atoms with E-state index in [0.717, 1.165) is 35.1 Å². The fraction of sp³-hybridized carbons (Fsp3) is 0.306. The van der Waals surface area contributed by atoms with E-state index >= 15 is 0 Å². The van der Waals surface area contributed by atoms with Gasteiger partial charge in [-0.25, -0.2) is 0 Å². The van der Waals surface area contributed by atoms with Crippen LogP contribution in [0.25, 0.3) is 6.08 Å². The second-order valence-corrected chi connectivity index (χ2v) is 11.0. The van der Waals surface area contributed by atoms with Crippen molar-refractivity contribution in [2.45, 2.75) is 44.7 Å². The molecule has 6 rings (SSSR count). The Morgan fingerprint density at radius 3 is 2.31 bits per heavy atom. The molecule has 0 aromatic heterocycles. The fourth-order valence-electron chi connectivity index (χ4n) is 6.89. The molecule has 4 atom stereocenters. The molecule has 0 spiro atoms. The predicted molar refractivity (Wildman–Crippen MR) is 161 cm³/mol. The Balaban J connectivity index is 1.65. The second-order valence-electron chi connectivity index (χ2n) is 11.0. The predicted octanol–water partition coefficient (Wildman–Crippen LogP) is 7.23. The third kappa shape index (κ3) is 4.74. The van der Waals surface area contributed by atoms with E-state index < -0.39 is 6.04 Å². The molecule has 0 amide bonds. The Morgan fingerprint density at radius 2 is 1.62 bits per heavy atom. The van der Waals surface area contributed by atoms with Crippen LogP contribution in [0.4, 0.5) is 0 Å². The van der Waals surface area contributed by atoms with E-state index in [4.69, 9.17) is 9.47 Å². The first-order chi connectivity index (χ1) is 20.6. The minimum Gasteiger partial charge on any atom is -0.494 e. The third-order valence-corrected chi connectivity index (χ3v) is 8.62. The van der Waals surface area contributed by atoms with Crippen LogP contribution in [-0.2, 0) is 0 Å². The summed E-state index contributed by atoms with van der Waals surface area (Å²) in [7, 11) is 0. The van der Waals surface area contributed by atoms with Crippen molar-refractivity contribution in [3.8, 4) is 23.6 Å². The minimum absolute atomic E-state index is 0.000855. The number of benzene rings is 3. The van der Waals surface area contributed by atoms with Gasteiger partial charge in [0, 0.05) is 35.2 Å². The van der Waals surface area contributed by atoms with Gasteiger partial charge in [-0.1, -0.05) is 60.7 Å². The summed E-state index contributed by atoms with van der Waals surface area (Å²) in [6, 6.07) is 27.1. The topological polar surface area (TPSA) is 86.4 Å². The lowest BCUT2D eigenvalue weighted by atomic mass is 9.71. The van der Waals surface area contributed by atoms with E-state index in [0.29, 0.717) is 30.3 Å². The Kier molecular flexibility index (Phi) is 7.55. The third-order valence-electron chi connectivity index (χ3n) is 8.62. The quantitative estimate of drug-likeness (QED) is 0.205. The van der Waals surface area contributed by atoms with Crippen molar-refractivity contribution in [3.63, 3.8) is 0 Å². The summed E-state index contributed by atoms with van der Waals surface area (Å²) in [6.45, 7) is 4.85. The van der Waals surface area contributed by atoms with Crippen LogP contribution in [0.5, 0.6) is 11.5 Å². The average molecular weight is 556 g/mol. The maximum Gasteiger partial charge on any atom is 0.185 e. The van der Waals surface area contributed by atoms with Crippen molar-refractivity contribution in [1.29, 1.82) is 10.5 Å². The van der Waals surface area contributed by atoms with Crippen molar-refractivity contribution >= 4 is 11.9 Å². The number of hydrogen-bond donors (Lipinski definition) is 0. The molecule has 6 nitrogen and oxygen atoms in total. The molecule has 2 heterocycles. The van der Waals surface area contributed by atoms with Gasteiger partial charge in [-0.15, -0.1) is 0 Å². The molecule has 1 aliphatic carbocycles. The van der Waals surface area contributed by atoms with E-state index in [1.165, 1.54) is 0 Å². The standard InChI is InChI=1S/C36H33N3O3/c1-3-41-27-16-17-29(30(20-27)42-4-2)32-33(31(24-14-15-24)26(21-37)22-38)34-28-13-9-8-10-23(28)18-19-39(34)35(32)36(40)25-11-6-5-7-12-25/h5-13,16-20,24,32-35H,3-4,14-15H2,1-2H3/t32-,33+,34+,35+/m1/s1. The monoisotopic (exact) mass is 555 g/mol. The zero-order valence-corrected chi connectivity index (χ0v) is 23.9. The molecule has 0 radical (unpaired) electrons. The van der Waals surface area contributed by atoms with Crippen LogP contribution in [0, 0.1) is 34.5 Å². The number of nitriles is 2. The molecule has 0 bridgehead atoms. The van der Waals surface area contributed by atoms with Gasteiger partial charge in [0.25, 0.3) is 0 Å². The van der Waals surface area contributed by atoms with Crippen molar-refractivity contribution in [1.82, 2.24) is 4.90 Å². The van der Waals surface area contributed by atoms with Crippen LogP contribution in [0.15, 0.2) is 90.1 Å². The van der Waals surface area contributed by atoms with Gasteiger partial charge in [-0.2, -0.15) is 10.5 Å². The molecular formula is C36H33N3O3. The van der Waals surface area contributed by atoms with Gasteiger partial charge in [0.1, 0.15) is 35.3 Å². The number of ketones is 1. The normalized spacial score (nSPS) is 21.9. The average Bonchev–Trinajstić information content (AvgIpc) is 3.81. The van der Waals surface area contributed by atoms with Crippen molar-refractivity contribution < 1.29 is 14.3 Å². The molecule has 3 aromatic rings. The van der Waals surface area contributed by atoms with Gasteiger partial charge in [-0.05, 0) is 61.4 Å². The number of Topliss-reactive ketones (excluding diaryl/α,β-unsaturated/α-hetero) is 1. The summed E-state index contributed by atoms with van der Waals surface area (Å²) >= 11 is 0. The van der Waals surface area contributed by atoms with Gasteiger partial charge < -0.3 is 14.4 Å². The number of ether oxygens (including phenoxy) is 2. The maximum absolute atomic E-state index is 14.6. The van der Waals surface area contributed by atoms with Crippen LogP contribution in [-0.4, -0.2) is 29.9 Å². The lowest BCUT2D eigenvalue weighted by Gasteiger charge is -2.35. The molecule has 0 N–H and O–H groups in total. The number of hydrogen-bond acceptors (Lipinski definition) is 6. The van der Waals surface area contributed by atoms with E-state index in [2.05, 4.69) is 35.2 Å². The number of allylic oxidation sites excluding steroid dienone is 1. The fourth-order valence-corrected chi connectivity index (χ4v) is 6.89. The first kappa shape index (κ1) is 27.4. The zero-order chi connectivity index (χ0) is 29.2. The molecule has 3 aliphatic rings. The van der Waals surface area contributed by atoms with Crippen LogP contribution < -0.4 is 9.47 Å². The largest absolute Gasteiger partial charge is 0.494 e. The summed E-state index contributed by atoms with van der Waals surface area (Å²) in [5.41, 5.74) is 4.71. The summed E-state index contributed by atoms with van der Waals surface area (Å²) in [4.78, 5) is 16.8. The molecule has 210 valence electrons. The highest BCUT2D eigenvalue weighted by atomic mass is 16.5. The smallest absolute Gasteiger partial charge is 0.185 e. The molecule has 2 aliphatic heterocycles. The van der Waals surface area contributed by atoms with Crippen LogP contribution in [0.1, 0.15) is 65.7 Å². The summed E-state index contributed by atoms with van der Waals surface area (Å²) in [5, 5.41) is 20.4. The molecular weight excluding hydrogens is 522 g/mol.